The lowest BCUT2D eigenvalue weighted by atomic mass is 10.0. The standard InChI is InChI=1S/C12H16F3N/c1-8(2)16-9(3)10-5-4-6-11(7-10)12(13,14)15/h4-9,16H,1-3H3. The topological polar surface area (TPSA) is 12.0 Å². The molecule has 0 saturated heterocycles. The van der Waals surface area contributed by atoms with E-state index in [4.69, 9.17) is 0 Å². The smallest absolute Gasteiger partial charge is 0.308 e. The van der Waals surface area contributed by atoms with E-state index in [1.165, 1.54) is 12.1 Å². The zero-order valence-corrected chi connectivity index (χ0v) is 9.60. The molecule has 0 bridgehead atoms. The van der Waals surface area contributed by atoms with Crippen LogP contribution in [0.4, 0.5) is 13.2 Å². The summed E-state index contributed by atoms with van der Waals surface area (Å²) in [6.07, 6.45) is -4.27. The van der Waals surface area contributed by atoms with Crippen molar-refractivity contribution in [2.45, 2.75) is 39.0 Å². The minimum Gasteiger partial charge on any atom is -0.308 e. The molecule has 0 amide bonds. The summed E-state index contributed by atoms with van der Waals surface area (Å²) in [6.45, 7) is 5.78. The van der Waals surface area contributed by atoms with E-state index >= 15 is 0 Å². The first-order valence-electron chi connectivity index (χ1n) is 5.24. The predicted molar refractivity (Wildman–Crippen MR) is 58.1 cm³/mol. The molecule has 1 rings (SSSR count). The SMILES string of the molecule is CC(C)NC(C)c1cccc(C(F)(F)F)c1. The Balaban J connectivity index is 2.90. The lowest BCUT2D eigenvalue weighted by molar-refractivity contribution is -0.137. The molecule has 0 radical (unpaired) electrons. The van der Waals surface area contributed by atoms with Crippen LogP contribution in [0.2, 0.25) is 0 Å². The minimum atomic E-state index is -4.27. The Morgan fingerprint density at radius 2 is 1.75 bits per heavy atom. The van der Waals surface area contributed by atoms with Crippen LogP contribution >= 0.6 is 0 Å². The summed E-state index contributed by atoms with van der Waals surface area (Å²) in [5.74, 6) is 0. The van der Waals surface area contributed by atoms with Crippen LogP contribution in [0.1, 0.15) is 37.9 Å². The van der Waals surface area contributed by atoms with E-state index in [2.05, 4.69) is 5.32 Å². The van der Waals surface area contributed by atoms with Gasteiger partial charge in [-0.1, -0.05) is 26.0 Å². The van der Waals surface area contributed by atoms with Crippen LogP contribution in [-0.2, 0) is 6.18 Å². The number of hydrogen-bond donors (Lipinski definition) is 1. The van der Waals surface area contributed by atoms with E-state index in [1.54, 1.807) is 6.07 Å². The molecule has 0 aliphatic rings. The molecule has 1 aromatic rings. The number of nitrogens with one attached hydrogen (secondary N) is 1. The summed E-state index contributed by atoms with van der Waals surface area (Å²) in [5, 5.41) is 3.17. The molecular weight excluding hydrogens is 215 g/mol. The van der Waals surface area contributed by atoms with Gasteiger partial charge in [0.2, 0.25) is 0 Å². The number of hydrogen-bond acceptors (Lipinski definition) is 1. The first kappa shape index (κ1) is 13.0. The fraction of sp³-hybridized carbons (Fsp3) is 0.500. The van der Waals surface area contributed by atoms with Crippen molar-refractivity contribution in [2.24, 2.45) is 0 Å². The maximum absolute atomic E-state index is 12.5. The third-order valence-corrected chi connectivity index (χ3v) is 2.30. The summed E-state index contributed by atoms with van der Waals surface area (Å²) < 4.78 is 37.4. The average molecular weight is 231 g/mol. The summed E-state index contributed by atoms with van der Waals surface area (Å²) >= 11 is 0. The molecule has 1 nitrogen and oxygen atoms in total. The van der Waals surface area contributed by atoms with Gasteiger partial charge in [-0.3, -0.25) is 0 Å². The number of halogens is 3. The quantitative estimate of drug-likeness (QED) is 0.835. The van der Waals surface area contributed by atoms with Crippen molar-refractivity contribution in [3.63, 3.8) is 0 Å². The fourth-order valence-corrected chi connectivity index (χ4v) is 1.58. The summed E-state index contributed by atoms with van der Waals surface area (Å²) in [4.78, 5) is 0. The van der Waals surface area contributed by atoms with Crippen LogP contribution in [-0.4, -0.2) is 6.04 Å². The molecule has 1 atom stereocenters. The van der Waals surface area contributed by atoms with Gasteiger partial charge >= 0.3 is 6.18 Å². The first-order chi connectivity index (χ1) is 7.30. The molecule has 0 saturated carbocycles. The molecule has 90 valence electrons. The normalized spacial score (nSPS) is 14.2. The molecule has 0 aliphatic heterocycles. The summed E-state index contributed by atoms with van der Waals surface area (Å²) in [6, 6.07) is 5.59. The van der Waals surface area contributed by atoms with Gasteiger partial charge in [0.1, 0.15) is 0 Å². The second kappa shape index (κ2) is 4.87. The van der Waals surface area contributed by atoms with Crippen LogP contribution in [0.15, 0.2) is 24.3 Å². The van der Waals surface area contributed by atoms with Gasteiger partial charge in [0.25, 0.3) is 0 Å². The lowest BCUT2D eigenvalue weighted by Crippen LogP contribution is -2.26. The zero-order chi connectivity index (χ0) is 12.3. The van der Waals surface area contributed by atoms with Gasteiger partial charge in [-0.2, -0.15) is 13.2 Å². The zero-order valence-electron chi connectivity index (χ0n) is 9.60. The second-order valence-corrected chi connectivity index (χ2v) is 4.17. The molecule has 0 aromatic heterocycles. The van der Waals surface area contributed by atoms with Gasteiger partial charge in [0, 0.05) is 12.1 Å². The molecule has 1 N–H and O–H groups in total. The second-order valence-electron chi connectivity index (χ2n) is 4.17. The Morgan fingerprint density at radius 1 is 1.12 bits per heavy atom. The van der Waals surface area contributed by atoms with Crippen molar-refractivity contribution in [1.29, 1.82) is 0 Å². The third kappa shape index (κ3) is 3.52. The molecule has 0 fully saturated rings. The maximum Gasteiger partial charge on any atom is 0.416 e. The number of rotatable bonds is 3. The van der Waals surface area contributed by atoms with E-state index in [9.17, 15) is 13.2 Å². The van der Waals surface area contributed by atoms with Crippen molar-refractivity contribution in [3.05, 3.63) is 35.4 Å². The van der Waals surface area contributed by atoms with Gasteiger partial charge in [0.15, 0.2) is 0 Å². The molecular formula is C12H16F3N. The van der Waals surface area contributed by atoms with E-state index in [1.807, 2.05) is 20.8 Å². The highest BCUT2D eigenvalue weighted by Gasteiger charge is 2.30. The molecule has 1 unspecified atom stereocenters. The maximum atomic E-state index is 12.5. The van der Waals surface area contributed by atoms with E-state index in [0.29, 0.717) is 5.56 Å². The number of alkyl halides is 3. The van der Waals surface area contributed by atoms with Crippen LogP contribution in [0.5, 0.6) is 0 Å². The van der Waals surface area contributed by atoms with Gasteiger partial charge < -0.3 is 5.32 Å². The monoisotopic (exact) mass is 231 g/mol. The summed E-state index contributed by atoms with van der Waals surface area (Å²) in [5.41, 5.74) is 0.0610. The number of benzene rings is 1. The summed E-state index contributed by atoms with van der Waals surface area (Å²) in [7, 11) is 0. The Hall–Kier alpha value is -1.03. The Morgan fingerprint density at radius 3 is 2.25 bits per heavy atom. The van der Waals surface area contributed by atoms with E-state index in [0.717, 1.165) is 6.07 Å². The molecule has 0 spiro atoms. The Bertz CT molecular complexity index is 344. The average Bonchev–Trinajstić information content (AvgIpc) is 2.15. The van der Waals surface area contributed by atoms with Crippen molar-refractivity contribution in [3.8, 4) is 0 Å². The van der Waals surface area contributed by atoms with Crippen molar-refractivity contribution in [2.75, 3.05) is 0 Å². The lowest BCUT2D eigenvalue weighted by Gasteiger charge is -2.18. The van der Waals surface area contributed by atoms with Crippen LogP contribution < -0.4 is 5.32 Å². The van der Waals surface area contributed by atoms with E-state index < -0.39 is 11.7 Å². The molecule has 1 aromatic carbocycles. The van der Waals surface area contributed by atoms with Gasteiger partial charge in [-0.05, 0) is 24.6 Å². The molecule has 0 heterocycles. The van der Waals surface area contributed by atoms with Crippen LogP contribution in [0, 0.1) is 0 Å². The van der Waals surface area contributed by atoms with Gasteiger partial charge in [-0.15, -0.1) is 0 Å². The van der Waals surface area contributed by atoms with Crippen molar-refractivity contribution in [1.82, 2.24) is 5.32 Å². The highest BCUT2D eigenvalue weighted by Crippen LogP contribution is 2.30. The third-order valence-electron chi connectivity index (χ3n) is 2.30. The minimum absolute atomic E-state index is 0.0812. The van der Waals surface area contributed by atoms with E-state index in [-0.39, 0.29) is 12.1 Å². The Kier molecular flexibility index (Phi) is 3.97. The first-order valence-corrected chi connectivity index (χ1v) is 5.24. The largest absolute Gasteiger partial charge is 0.416 e. The van der Waals surface area contributed by atoms with Crippen LogP contribution in [0.25, 0.3) is 0 Å². The molecule has 4 heteroatoms. The van der Waals surface area contributed by atoms with Crippen molar-refractivity contribution < 1.29 is 13.2 Å². The predicted octanol–water partition coefficient (Wildman–Crippen LogP) is 3.76. The highest BCUT2D eigenvalue weighted by atomic mass is 19.4. The Labute approximate surface area is 93.7 Å². The van der Waals surface area contributed by atoms with Crippen LogP contribution in [0.3, 0.4) is 0 Å². The molecule has 16 heavy (non-hydrogen) atoms. The van der Waals surface area contributed by atoms with Gasteiger partial charge in [0.05, 0.1) is 5.56 Å². The van der Waals surface area contributed by atoms with Gasteiger partial charge in [-0.25, -0.2) is 0 Å². The molecule has 0 aliphatic carbocycles. The fourth-order valence-electron chi connectivity index (χ4n) is 1.58. The van der Waals surface area contributed by atoms with Crippen molar-refractivity contribution >= 4 is 0 Å². The highest BCUT2D eigenvalue weighted by molar-refractivity contribution is 5.27.